The van der Waals surface area contributed by atoms with E-state index in [0.717, 1.165) is 0 Å². The average Bonchev–Trinajstić information content (AvgIpc) is 2.11. The SMILES string of the molecule is COC(C)C(=O)NCC(C)(O)CN(C)C. The maximum Gasteiger partial charge on any atom is 0.248 e. The van der Waals surface area contributed by atoms with E-state index < -0.39 is 11.7 Å². The summed E-state index contributed by atoms with van der Waals surface area (Å²) in [5, 5.41) is 12.5. The molecule has 2 N–H and O–H groups in total. The highest BCUT2D eigenvalue weighted by Gasteiger charge is 2.23. The normalized spacial score (nSPS) is 17.3. The molecule has 0 spiro atoms. The summed E-state index contributed by atoms with van der Waals surface area (Å²) in [6, 6.07) is 0. The van der Waals surface area contributed by atoms with Crippen LogP contribution in [-0.2, 0) is 9.53 Å². The van der Waals surface area contributed by atoms with Crippen LogP contribution >= 0.6 is 0 Å². The van der Waals surface area contributed by atoms with E-state index in [2.05, 4.69) is 5.32 Å². The molecule has 0 bridgehead atoms. The molecule has 0 aromatic rings. The highest BCUT2D eigenvalue weighted by atomic mass is 16.5. The first kappa shape index (κ1) is 14.3. The molecule has 0 radical (unpaired) electrons. The molecule has 5 heteroatoms. The van der Waals surface area contributed by atoms with Crippen LogP contribution in [0.15, 0.2) is 0 Å². The van der Waals surface area contributed by atoms with E-state index in [-0.39, 0.29) is 12.5 Å². The van der Waals surface area contributed by atoms with Crippen LogP contribution in [0, 0.1) is 0 Å². The molecule has 0 aromatic heterocycles. The van der Waals surface area contributed by atoms with Crippen LogP contribution in [0.2, 0.25) is 0 Å². The van der Waals surface area contributed by atoms with E-state index >= 15 is 0 Å². The minimum atomic E-state index is -0.924. The average molecular weight is 218 g/mol. The van der Waals surface area contributed by atoms with Crippen molar-refractivity contribution >= 4 is 5.91 Å². The topological polar surface area (TPSA) is 61.8 Å². The number of ether oxygens (including phenoxy) is 1. The van der Waals surface area contributed by atoms with Gasteiger partial charge in [-0.2, -0.15) is 0 Å². The van der Waals surface area contributed by atoms with E-state index in [1.165, 1.54) is 7.11 Å². The van der Waals surface area contributed by atoms with Gasteiger partial charge in [0, 0.05) is 20.2 Å². The van der Waals surface area contributed by atoms with Crippen molar-refractivity contribution in [2.45, 2.75) is 25.6 Å². The summed E-state index contributed by atoms with van der Waals surface area (Å²) >= 11 is 0. The Balaban J connectivity index is 3.98. The summed E-state index contributed by atoms with van der Waals surface area (Å²) in [4.78, 5) is 13.2. The number of carbonyl (C=O) groups is 1. The second-order valence-electron chi connectivity index (χ2n) is 4.33. The van der Waals surface area contributed by atoms with Crippen LogP contribution < -0.4 is 5.32 Å². The van der Waals surface area contributed by atoms with Gasteiger partial charge < -0.3 is 20.1 Å². The number of carbonyl (C=O) groups excluding carboxylic acids is 1. The van der Waals surface area contributed by atoms with Gasteiger partial charge in [-0.05, 0) is 27.9 Å². The number of nitrogens with zero attached hydrogens (tertiary/aromatic N) is 1. The molecule has 0 aliphatic rings. The lowest BCUT2D eigenvalue weighted by molar-refractivity contribution is -0.131. The van der Waals surface area contributed by atoms with Crippen LogP contribution in [0.1, 0.15) is 13.8 Å². The number of nitrogens with one attached hydrogen (secondary N) is 1. The maximum atomic E-state index is 11.3. The van der Waals surface area contributed by atoms with Crippen molar-refractivity contribution in [3.8, 4) is 0 Å². The third-order valence-electron chi connectivity index (χ3n) is 2.02. The van der Waals surface area contributed by atoms with Crippen molar-refractivity contribution in [1.82, 2.24) is 10.2 Å². The summed E-state index contributed by atoms with van der Waals surface area (Å²) in [5.41, 5.74) is -0.924. The molecule has 0 saturated carbocycles. The Kier molecular flexibility index (Phi) is 5.79. The molecule has 5 nitrogen and oxygen atoms in total. The van der Waals surface area contributed by atoms with Crippen molar-refractivity contribution in [3.05, 3.63) is 0 Å². The fourth-order valence-electron chi connectivity index (χ4n) is 1.27. The van der Waals surface area contributed by atoms with Crippen LogP contribution in [0.4, 0.5) is 0 Å². The predicted octanol–water partition coefficient (Wildman–Crippen LogP) is -0.550. The highest BCUT2D eigenvalue weighted by molar-refractivity contribution is 5.80. The molecule has 2 atom stereocenters. The van der Waals surface area contributed by atoms with Gasteiger partial charge in [-0.15, -0.1) is 0 Å². The molecule has 0 heterocycles. The summed E-state index contributed by atoms with van der Waals surface area (Å²) in [5.74, 6) is -0.212. The minimum absolute atomic E-state index is 0.212. The number of hydrogen-bond donors (Lipinski definition) is 2. The standard InChI is InChI=1S/C10H22N2O3/c1-8(15-5)9(13)11-6-10(2,14)7-12(3)4/h8,14H,6-7H2,1-5H3,(H,11,13). The van der Waals surface area contributed by atoms with E-state index in [4.69, 9.17) is 4.74 Å². The molecule has 0 saturated heterocycles. The Labute approximate surface area is 91.4 Å². The van der Waals surface area contributed by atoms with Crippen molar-refractivity contribution in [2.24, 2.45) is 0 Å². The summed E-state index contributed by atoms with van der Waals surface area (Å²) in [6.07, 6.45) is -0.486. The van der Waals surface area contributed by atoms with Crippen molar-refractivity contribution in [3.63, 3.8) is 0 Å². The molecule has 0 aliphatic carbocycles. The second-order valence-corrected chi connectivity index (χ2v) is 4.33. The Morgan fingerprint density at radius 2 is 2.13 bits per heavy atom. The zero-order valence-corrected chi connectivity index (χ0v) is 10.2. The summed E-state index contributed by atoms with van der Waals surface area (Å²) < 4.78 is 4.85. The molecular weight excluding hydrogens is 196 g/mol. The minimum Gasteiger partial charge on any atom is -0.387 e. The molecule has 0 fully saturated rings. The van der Waals surface area contributed by atoms with E-state index in [1.807, 2.05) is 19.0 Å². The smallest absolute Gasteiger partial charge is 0.248 e. The Morgan fingerprint density at radius 3 is 2.53 bits per heavy atom. The number of amides is 1. The first-order valence-electron chi connectivity index (χ1n) is 4.96. The van der Waals surface area contributed by atoms with Gasteiger partial charge >= 0.3 is 0 Å². The number of methoxy groups -OCH3 is 1. The first-order chi connectivity index (χ1) is 6.78. The lowest BCUT2D eigenvalue weighted by atomic mass is 10.1. The lowest BCUT2D eigenvalue weighted by Crippen LogP contribution is -2.49. The quantitative estimate of drug-likeness (QED) is 0.628. The number of aliphatic hydroxyl groups is 1. The zero-order chi connectivity index (χ0) is 12.1. The van der Waals surface area contributed by atoms with Gasteiger partial charge in [-0.25, -0.2) is 0 Å². The Hall–Kier alpha value is -0.650. The molecule has 2 unspecified atom stereocenters. The number of hydrogen-bond acceptors (Lipinski definition) is 4. The van der Waals surface area contributed by atoms with Crippen molar-refractivity contribution in [1.29, 1.82) is 0 Å². The monoisotopic (exact) mass is 218 g/mol. The molecule has 0 rings (SSSR count). The molecular formula is C10H22N2O3. The fourth-order valence-corrected chi connectivity index (χ4v) is 1.27. The number of likely N-dealkylation sites (N-methyl/N-ethyl adjacent to an activating group) is 1. The van der Waals surface area contributed by atoms with Gasteiger partial charge in [0.25, 0.3) is 0 Å². The molecule has 15 heavy (non-hydrogen) atoms. The zero-order valence-electron chi connectivity index (χ0n) is 10.2. The summed E-state index contributed by atoms with van der Waals surface area (Å²) in [6.45, 7) is 4.06. The van der Waals surface area contributed by atoms with E-state index in [0.29, 0.717) is 6.54 Å². The van der Waals surface area contributed by atoms with Gasteiger partial charge in [-0.1, -0.05) is 0 Å². The second kappa shape index (κ2) is 6.05. The van der Waals surface area contributed by atoms with Crippen molar-refractivity contribution in [2.75, 3.05) is 34.3 Å². The lowest BCUT2D eigenvalue weighted by Gasteiger charge is -2.27. The van der Waals surface area contributed by atoms with Crippen LogP contribution in [0.5, 0.6) is 0 Å². The van der Waals surface area contributed by atoms with Gasteiger partial charge in [0.1, 0.15) is 6.10 Å². The molecule has 0 aliphatic heterocycles. The molecule has 90 valence electrons. The molecule has 0 aromatic carbocycles. The maximum absolute atomic E-state index is 11.3. The molecule has 1 amide bonds. The van der Waals surface area contributed by atoms with Gasteiger partial charge in [0.05, 0.1) is 5.60 Å². The Morgan fingerprint density at radius 1 is 1.60 bits per heavy atom. The largest absolute Gasteiger partial charge is 0.387 e. The van der Waals surface area contributed by atoms with Crippen molar-refractivity contribution < 1.29 is 14.6 Å². The predicted molar refractivity (Wildman–Crippen MR) is 58.7 cm³/mol. The summed E-state index contributed by atoms with van der Waals surface area (Å²) in [7, 11) is 5.21. The van der Waals surface area contributed by atoms with E-state index in [9.17, 15) is 9.90 Å². The fraction of sp³-hybridized carbons (Fsp3) is 0.900. The highest BCUT2D eigenvalue weighted by Crippen LogP contribution is 2.02. The third-order valence-corrected chi connectivity index (χ3v) is 2.02. The first-order valence-corrected chi connectivity index (χ1v) is 4.96. The van der Waals surface area contributed by atoms with Gasteiger partial charge in [0.2, 0.25) is 5.91 Å². The van der Waals surface area contributed by atoms with Crippen LogP contribution in [0.3, 0.4) is 0 Å². The van der Waals surface area contributed by atoms with Crippen LogP contribution in [0.25, 0.3) is 0 Å². The third kappa shape index (κ3) is 6.43. The van der Waals surface area contributed by atoms with Crippen LogP contribution in [-0.4, -0.2) is 61.9 Å². The number of rotatable bonds is 6. The van der Waals surface area contributed by atoms with Gasteiger partial charge in [-0.3, -0.25) is 4.79 Å². The van der Waals surface area contributed by atoms with E-state index in [1.54, 1.807) is 13.8 Å². The Bertz CT molecular complexity index is 205. The van der Waals surface area contributed by atoms with Gasteiger partial charge in [0.15, 0.2) is 0 Å².